The van der Waals surface area contributed by atoms with Crippen LogP contribution in [0.25, 0.3) is 0 Å². The third kappa shape index (κ3) is 4.19. The van der Waals surface area contributed by atoms with Crippen LogP contribution in [-0.2, 0) is 0 Å². The van der Waals surface area contributed by atoms with Gasteiger partial charge in [-0.25, -0.2) is 8.78 Å². The highest BCUT2D eigenvalue weighted by Gasteiger charge is 2.29. The first-order chi connectivity index (χ1) is 11.5. The van der Waals surface area contributed by atoms with Crippen molar-refractivity contribution in [1.82, 2.24) is 10.6 Å². The number of amides is 1. The molecule has 1 aliphatic rings. The quantitative estimate of drug-likeness (QED) is 0.869. The molecule has 2 unspecified atom stereocenters. The van der Waals surface area contributed by atoms with Crippen LogP contribution in [0.3, 0.4) is 0 Å². The second kappa shape index (κ2) is 7.97. The molecule has 1 aliphatic heterocycles. The van der Waals surface area contributed by atoms with Gasteiger partial charge in [-0.2, -0.15) is 0 Å². The summed E-state index contributed by atoms with van der Waals surface area (Å²) in [6, 6.07) is 5.51. The maximum Gasteiger partial charge on any atom is 0.287 e. The first-order valence-corrected chi connectivity index (χ1v) is 7.99. The van der Waals surface area contributed by atoms with Gasteiger partial charge in [-0.15, -0.1) is 12.4 Å². The summed E-state index contributed by atoms with van der Waals surface area (Å²) in [5, 5.41) is 6.18. The van der Waals surface area contributed by atoms with E-state index in [9.17, 15) is 13.6 Å². The summed E-state index contributed by atoms with van der Waals surface area (Å²) in [4.78, 5) is 12.5. The molecule has 0 radical (unpaired) electrons. The van der Waals surface area contributed by atoms with Crippen LogP contribution in [0.5, 0.6) is 0 Å². The molecule has 3 rings (SSSR count). The molecule has 1 amide bonds. The molecule has 2 aromatic rings. The second-order valence-electron chi connectivity index (χ2n) is 6.22. The van der Waals surface area contributed by atoms with Gasteiger partial charge in [-0.05, 0) is 50.6 Å². The number of furan rings is 1. The average molecular weight is 371 g/mol. The van der Waals surface area contributed by atoms with Crippen LogP contribution < -0.4 is 10.6 Å². The van der Waals surface area contributed by atoms with Gasteiger partial charge >= 0.3 is 0 Å². The highest BCUT2D eigenvalue weighted by molar-refractivity contribution is 5.93. The molecule has 0 bridgehead atoms. The molecule has 4 nitrogen and oxygen atoms in total. The molecule has 2 heterocycles. The van der Waals surface area contributed by atoms with E-state index in [1.807, 2.05) is 6.92 Å². The predicted octanol–water partition coefficient (Wildman–Crippen LogP) is 3.47. The molecule has 1 aromatic heterocycles. The largest absolute Gasteiger partial charge is 0.456 e. The molecule has 136 valence electrons. The maximum atomic E-state index is 13.6. The lowest BCUT2D eigenvalue weighted by Crippen LogP contribution is -2.50. The number of aryl methyl sites for hydroxylation is 2. The molecule has 0 saturated carbocycles. The molecular weight excluding hydrogens is 350 g/mol. The Balaban J connectivity index is 0.00000225. The Labute approximate surface area is 151 Å². The van der Waals surface area contributed by atoms with Crippen LogP contribution >= 0.6 is 12.4 Å². The van der Waals surface area contributed by atoms with E-state index in [2.05, 4.69) is 10.6 Å². The minimum absolute atomic E-state index is 0. The topological polar surface area (TPSA) is 54.3 Å². The maximum absolute atomic E-state index is 13.6. The van der Waals surface area contributed by atoms with E-state index in [1.54, 1.807) is 19.1 Å². The predicted molar refractivity (Wildman–Crippen MR) is 93.3 cm³/mol. The summed E-state index contributed by atoms with van der Waals surface area (Å²) in [5.74, 6) is -1.13. The molecule has 0 aliphatic carbocycles. The normalized spacial score (nSPS) is 20.0. The lowest BCUT2D eigenvalue weighted by molar-refractivity contribution is 0.0894. The van der Waals surface area contributed by atoms with E-state index in [1.165, 1.54) is 6.07 Å². The number of benzene rings is 1. The number of piperidine rings is 1. The van der Waals surface area contributed by atoms with E-state index >= 15 is 0 Å². The Morgan fingerprint density at radius 3 is 2.64 bits per heavy atom. The fourth-order valence-electron chi connectivity index (χ4n) is 3.25. The monoisotopic (exact) mass is 370 g/mol. The van der Waals surface area contributed by atoms with Crippen LogP contribution in [0.15, 0.2) is 28.7 Å². The summed E-state index contributed by atoms with van der Waals surface area (Å²) in [5.41, 5.74) is 1.46. The van der Waals surface area contributed by atoms with Gasteiger partial charge in [0.2, 0.25) is 0 Å². The van der Waals surface area contributed by atoms with E-state index in [4.69, 9.17) is 4.42 Å². The van der Waals surface area contributed by atoms with Crippen molar-refractivity contribution < 1.29 is 18.0 Å². The molecule has 2 atom stereocenters. The van der Waals surface area contributed by atoms with E-state index < -0.39 is 11.6 Å². The minimum Gasteiger partial charge on any atom is -0.456 e. The summed E-state index contributed by atoms with van der Waals surface area (Å²) in [7, 11) is 0. The van der Waals surface area contributed by atoms with Crippen LogP contribution in [0.1, 0.15) is 39.8 Å². The Kier molecular flexibility index (Phi) is 6.19. The molecule has 1 aromatic carbocycles. The van der Waals surface area contributed by atoms with Crippen molar-refractivity contribution in [3.8, 4) is 0 Å². The first-order valence-electron chi connectivity index (χ1n) is 7.99. The van der Waals surface area contributed by atoms with Crippen LogP contribution in [0, 0.1) is 25.5 Å². The van der Waals surface area contributed by atoms with Crippen LogP contribution in [0.4, 0.5) is 8.78 Å². The van der Waals surface area contributed by atoms with Gasteiger partial charge in [-0.3, -0.25) is 4.79 Å². The molecule has 7 heteroatoms. The SMILES string of the molecule is Cc1cc(C)c(C(=O)NC2CNCCC2c2ccc(F)c(F)c2)o1.Cl. The first kappa shape index (κ1) is 19.4. The molecule has 25 heavy (non-hydrogen) atoms. The molecular formula is C18H21ClF2N2O2. The van der Waals surface area contributed by atoms with Gasteiger partial charge in [-0.1, -0.05) is 6.07 Å². The zero-order valence-corrected chi connectivity index (χ0v) is 14.9. The lowest BCUT2D eigenvalue weighted by Gasteiger charge is -2.33. The lowest BCUT2D eigenvalue weighted by atomic mass is 9.86. The average Bonchev–Trinajstić information content (AvgIpc) is 2.89. The van der Waals surface area contributed by atoms with Crippen molar-refractivity contribution in [2.24, 2.45) is 0 Å². The van der Waals surface area contributed by atoms with Gasteiger partial charge in [0, 0.05) is 24.1 Å². The van der Waals surface area contributed by atoms with E-state index in [0.717, 1.165) is 24.6 Å². The fourth-order valence-corrected chi connectivity index (χ4v) is 3.25. The number of nitrogens with one attached hydrogen (secondary N) is 2. The zero-order valence-electron chi connectivity index (χ0n) is 14.1. The number of rotatable bonds is 3. The standard InChI is InChI=1S/C18H20F2N2O2.ClH/c1-10-7-11(2)24-17(10)18(23)22-16-9-21-6-5-13(16)12-3-4-14(19)15(20)8-12;/h3-4,7-8,13,16,21H,5-6,9H2,1-2H3,(H,22,23);1H. The molecule has 1 saturated heterocycles. The van der Waals surface area contributed by atoms with Crippen molar-refractivity contribution >= 4 is 18.3 Å². The van der Waals surface area contributed by atoms with Gasteiger partial charge in [0.05, 0.1) is 0 Å². The van der Waals surface area contributed by atoms with E-state index in [0.29, 0.717) is 23.6 Å². The smallest absolute Gasteiger partial charge is 0.287 e. The summed E-state index contributed by atoms with van der Waals surface area (Å²) >= 11 is 0. The minimum atomic E-state index is -0.867. The molecule has 2 N–H and O–H groups in total. The van der Waals surface area contributed by atoms with Crippen LogP contribution in [0.2, 0.25) is 0 Å². The van der Waals surface area contributed by atoms with Gasteiger partial charge in [0.1, 0.15) is 5.76 Å². The van der Waals surface area contributed by atoms with Crippen molar-refractivity contribution in [1.29, 1.82) is 0 Å². The Morgan fingerprint density at radius 2 is 2.00 bits per heavy atom. The Morgan fingerprint density at radius 1 is 1.24 bits per heavy atom. The second-order valence-corrected chi connectivity index (χ2v) is 6.22. The van der Waals surface area contributed by atoms with Crippen molar-refractivity contribution in [3.05, 3.63) is 58.5 Å². The van der Waals surface area contributed by atoms with Crippen molar-refractivity contribution in [2.45, 2.75) is 32.2 Å². The third-order valence-electron chi connectivity index (χ3n) is 4.42. The number of carbonyl (C=O) groups is 1. The van der Waals surface area contributed by atoms with Crippen molar-refractivity contribution in [2.75, 3.05) is 13.1 Å². The highest BCUT2D eigenvalue weighted by Crippen LogP contribution is 2.27. The van der Waals surface area contributed by atoms with Gasteiger partial charge in [0.15, 0.2) is 17.4 Å². The Bertz CT molecular complexity index is 764. The van der Waals surface area contributed by atoms with Gasteiger partial charge in [0.25, 0.3) is 5.91 Å². The molecule has 0 spiro atoms. The van der Waals surface area contributed by atoms with Crippen LogP contribution in [-0.4, -0.2) is 25.0 Å². The number of halogens is 3. The number of carbonyl (C=O) groups excluding carboxylic acids is 1. The fraction of sp³-hybridized carbons (Fsp3) is 0.389. The number of hydrogen-bond acceptors (Lipinski definition) is 3. The third-order valence-corrected chi connectivity index (χ3v) is 4.42. The summed E-state index contributed by atoms with van der Waals surface area (Å²) in [6.07, 6.45) is 0.728. The van der Waals surface area contributed by atoms with Gasteiger partial charge < -0.3 is 15.1 Å². The summed E-state index contributed by atoms with van der Waals surface area (Å²) < 4.78 is 32.2. The van der Waals surface area contributed by atoms with E-state index in [-0.39, 0.29) is 30.3 Å². The zero-order chi connectivity index (χ0) is 17.3. The molecule has 1 fully saturated rings. The highest BCUT2D eigenvalue weighted by atomic mass is 35.5. The summed E-state index contributed by atoms with van der Waals surface area (Å²) in [6.45, 7) is 4.93. The van der Waals surface area contributed by atoms with Crippen molar-refractivity contribution in [3.63, 3.8) is 0 Å². The Hall–Kier alpha value is -1.92. The number of hydrogen-bond donors (Lipinski definition) is 2.